The van der Waals surface area contributed by atoms with Crippen molar-refractivity contribution >= 4 is 0 Å². The molecule has 1 fully saturated rings. The van der Waals surface area contributed by atoms with Crippen LogP contribution in [0, 0.1) is 13.8 Å². The van der Waals surface area contributed by atoms with Crippen LogP contribution in [0.1, 0.15) is 30.6 Å². The van der Waals surface area contributed by atoms with E-state index in [2.05, 4.69) is 14.9 Å². The molecule has 0 aliphatic carbocycles. The van der Waals surface area contributed by atoms with E-state index >= 15 is 0 Å². The Morgan fingerprint density at radius 2 is 2.00 bits per heavy atom. The zero-order chi connectivity index (χ0) is 13.3. The van der Waals surface area contributed by atoms with Crippen molar-refractivity contribution in [1.82, 2.24) is 14.9 Å². The smallest absolute Gasteiger partial charge is 0.142 e. The standard InChI is InChI=1S/C13H21N3O2/c1-9-6-10(2)15-12(14-9)8-16-5-4-13(3,18)11(17)7-16/h6,11,17-18H,4-5,7-8H2,1-3H3. The topological polar surface area (TPSA) is 69.5 Å². The molecule has 1 aromatic rings. The molecule has 0 saturated carbocycles. The predicted octanol–water partition coefficient (Wildman–Crippen LogP) is 0.411. The van der Waals surface area contributed by atoms with Gasteiger partial charge < -0.3 is 10.2 Å². The van der Waals surface area contributed by atoms with Gasteiger partial charge in [0.2, 0.25) is 0 Å². The van der Waals surface area contributed by atoms with Gasteiger partial charge in [0.15, 0.2) is 0 Å². The second-order valence-corrected chi connectivity index (χ2v) is 5.43. The van der Waals surface area contributed by atoms with Crippen LogP contribution in [0.15, 0.2) is 6.07 Å². The van der Waals surface area contributed by atoms with Gasteiger partial charge in [-0.2, -0.15) is 0 Å². The molecule has 2 heterocycles. The monoisotopic (exact) mass is 251 g/mol. The van der Waals surface area contributed by atoms with Crippen molar-refractivity contribution in [2.24, 2.45) is 0 Å². The van der Waals surface area contributed by atoms with Crippen LogP contribution in [0.2, 0.25) is 0 Å². The fraction of sp³-hybridized carbons (Fsp3) is 0.692. The van der Waals surface area contributed by atoms with Crippen LogP contribution >= 0.6 is 0 Å². The summed E-state index contributed by atoms with van der Waals surface area (Å²) in [6.07, 6.45) is -0.143. The van der Waals surface area contributed by atoms with E-state index in [4.69, 9.17) is 0 Å². The number of aliphatic hydroxyl groups is 2. The highest BCUT2D eigenvalue weighted by molar-refractivity contribution is 5.08. The lowest BCUT2D eigenvalue weighted by atomic mass is 9.91. The van der Waals surface area contributed by atoms with Gasteiger partial charge in [0.05, 0.1) is 18.2 Å². The van der Waals surface area contributed by atoms with Crippen LogP contribution < -0.4 is 0 Å². The van der Waals surface area contributed by atoms with Crippen LogP contribution in [0.5, 0.6) is 0 Å². The van der Waals surface area contributed by atoms with E-state index in [9.17, 15) is 10.2 Å². The maximum atomic E-state index is 9.91. The Labute approximate surface area is 107 Å². The molecular formula is C13H21N3O2. The Morgan fingerprint density at radius 3 is 2.56 bits per heavy atom. The molecule has 1 aliphatic heterocycles. The molecule has 2 atom stereocenters. The fourth-order valence-corrected chi connectivity index (χ4v) is 2.30. The highest BCUT2D eigenvalue weighted by Crippen LogP contribution is 2.22. The zero-order valence-corrected chi connectivity index (χ0v) is 11.2. The predicted molar refractivity (Wildman–Crippen MR) is 68.0 cm³/mol. The van der Waals surface area contributed by atoms with E-state index in [1.807, 2.05) is 19.9 Å². The molecule has 1 aliphatic rings. The number of β-amino-alcohol motifs (C(OH)–C–C–N with tert-alkyl or cyclic N) is 1. The lowest BCUT2D eigenvalue weighted by Crippen LogP contribution is -2.53. The van der Waals surface area contributed by atoms with Gasteiger partial charge in [-0.25, -0.2) is 9.97 Å². The van der Waals surface area contributed by atoms with Crippen molar-refractivity contribution in [2.75, 3.05) is 13.1 Å². The van der Waals surface area contributed by atoms with Crippen LogP contribution in [-0.2, 0) is 6.54 Å². The molecule has 100 valence electrons. The Balaban J connectivity index is 2.02. The molecule has 0 aromatic carbocycles. The summed E-state index contributed by atoms with van der Waals surface area (Å²) in [6.45, 7) is 7.42. The van der Waals surface area contributed by atoms with Crippen molar-refractivity contribution in [3.8, 4) is 0 Å². The van der Waals surface area contributed by atoms with E-state index in [0.717, 1.165) is 23.8 Å². The average molecular weight is 251 g/mol. The number of hydrogen-bond acceptors (Lipinski definition) is 5. The lowest BCUT2D eigenvalue weighted by molar-refractivity contribution is -0.108. The largest absolute Gasteiger partial charge is 0.389 e. The summed E-state index contributed by atoms with van der Waals surface area (Å²) in [6, 6.07) is 1.94. The second kappa shape index (κ2) is 4.91. The van der Waals surface area contributed by atoms with Gasteiger partial charge in [-0.05, 0) is 33.3 Å². The Bertz CT molecular complexity index is 414. The normalized spacial score (nSPS) is 29.5. The highest BCUT2D eigenvalue weighted by Gasteiger charge is 2.36. The van der Waals surface area contributed by atoms with Gasteiger partial charge in [0.25, 0.3) is 0 Å². The van der Waals surface area contributed by atoms with Gasteiger partial charge in [0, 0.05) is 24.5 Å². The van der Waals surface area contributed by atoms with Crippen molar-refractivity contribution in [1.29, 1.82) is 0 Å². The highest BCUT2D eigenvalue weighted by atomic mass is 16.3. The molecule has 2 unspecified atom stereocenters. The SMILES string of the molecule is Cc1cc(C)nc(CN2CCC(C)(O)C(O)C2)n1. The summed E-state index contributed by atoms with van der Waals surface area (Å²) < 4.78 is 0. The fourth-order valence-electron chi connectivity index (χ4n) is 2.30. The molecular weight excluding hydrogens is 230 g/mol. The van der Waals surface area contributed by atoms with Crippen molar-refractivity contribution in [3.05, 3.63) is 23.3 Å². The number of rotatable bonds is 2. The Morgan fingerprint density at radius 1 is 1.39 bits per heavy atom. The third kappa shape index (κ3) is 3.04. The quantitative estimate of drug-likeness (QED) is 0.797. The number of aromatic nitrogens is 2. The van der Waals surface area contributed by atoms with Crippen LogP contribution in [0.4, 0.5) is 0 Å². The summed E-state index contributed by atoms with van der Waals surface area (Å²) >= 11 is 0. The first-order valence-corrected chi connectivity index (χ1v) is 6.31. The van der Waals surface area contributed by atoms with Gasteiger partial charge in [0.1, 0.15) is 5.82 Å². The third-order valence-electron chi connectivity index (χ3n) is 3.48. The summed E-state index contributed by atoms with van der Waals surface area (Å²) in [5.74, 6) is 0.779. The first kappa shape index (κ1) is 13.4. The molecule has 5 heteroatoms. The van der Waals surface area contributed by atoms with E-state index < -0.39 is 11.7 Å². The zero-order valence-electron chi connectivity index (χ0n) is 11.2. The molecule has 2 rings (SSSR count). The summed E-state index contributed by atoms with van der Waals surface area (Å²) in [7, 11) is 0. The van der Waals surface area contributed by atoms with E-state index in [-0.39, 0.29) is 0 Å². The minimum atomic E-state index is -0.972. The summed E-state index contributed by atoms with van der Waals surface area (Å²) in [5, 5.41) is 19.8. The lowest BCUT2D eigenvalue weighted by Gasteiger charge is -2.39. The van der Waals surface area contributed by atoms with E-state index in [1.54, 1.807) is 6.92 Å². The first-order valence-electron chi connectivity index (χ1n) is 6.31. The van der Waals surface area contributed by atoms with Crippen LogP contribution in [-0.4, -0.2) is 49.9 Å². The molecule has 18 heavy (non-hydrogen) atoms. The molecule has 0 bridgehead atoms. The Hall–Kier alpha value is -1.04. The van der Waals surface area contributed by atoms with Crippen molar-refractivity contribution in [2.45, 2.75) is 45.4 Å². The number of aliphatic hydroxyl groups excluding tert-OH is 1. The molecule has 5 nitrogen and oxygen atoms in total. The minimum Gasteiger partial charge on any atom is -0.389 e. The minimum absolute atomic E-state index is 0.462. The third-order valence-corrected chi connectivity index (χ3v) is 3.48. The van der Waals surface area contributed by atoms with E-state index in [0.29, 0.717) is 19.5 Å². The molecule has 1 saturated heterocycles. The van der Waals surface area contributed by atoms with E-state index in [1.165, 1.54) is 0 Å². The van der Waals surface area contributed by atoms with Gasteiger partial charge >= 0.3 is 0 Å². The molecule has 0 spiro atoms. The summed E-state index contributed by atoms with van der Waals surface area (Å²) in [4.78, 5) is 10.9. The second-order valence-electron chi connectivity index (χ2n) is 5.43. The number of hydrogen-bond donors (Lipinski definition) is 2. The van der Waals surface area contributed by atoms with Gasteiger partial charge in [-0.3, -0.25) is 4.90 Å². The number of nitrogens with zero attached hydrogens (tertiary/aromatic N) is 3. The van der Waals surface area contributed by atoms with Gasteiger partial charge in [-0.1, -0.05) is 0 Å². The molecule has 0 radical (unpaired) electrons. The number of likely N-dealkylation sites (tertiary alicyclic amines) is 1. The van der Waals surface area contributed by atoms with Gasteiger partial charge in [-0.15, -0.1) is 0 Å². The number of piperidine rings is 1. The van der Waals surface area contributed by atoms with Crippen molar-refractivity contribution in [3.63, 3.8) is 0 Å². The van der Waals surface area contributed by atoms with Crippen LogP contribution in [0.3, 0.4) is 0 Å². The maximum absolute atomic E-state index is 9.91. The number of aryl methyl sites for hydroxylation is 2. The molecule has 2 N–H and O–H groups in total. The summed E-state index contributed by atoms with van der Waals surface area (Å²) in [5.41, 5.74) is 0.948. The average Bonchev–Trinajstić information content (AvgIpc) is 2.22. The van der Waals surface area contributed by atoms with Crippen LogP contribution in [0.25, 0.3) is 0 Å². The van der Waals surface area contributed by atoms with Crippen molar-refractivity contribution < 1.29 is 10.2 Å². The molecule has 1 aromatic heterocycles. The maximum Gasteiger partial charge on any atom is 0.142 e. The first-order chi connectivity index (χ1) is 8.37. The molecule has 0 amide bonds. The Kier molecular flexibility index (Phi) is 3.66.